The first-order valence-corrected chi connectivity index (χ1v) is 10.3. The van der Waals surface area contributed by atoms with Crippen LogP contribution < -0.4 is 9.46 Å². The molecule has 0 aromatic heterocycles. The smallest absolute Gasteiger partial charge is 0.306 e. The Bertz CT molecular complexity index is 768. The van der Waals surface area contributed by atoms with Gasteiger partial charge in [-0.25, -0.2) is 8.42 Å². The number of ether oxygens (including phenoxy) is 1. The SMILES string of the molecule is COc1ccc(S(=O)(=O)NC(C(=O)N2CCC(C(=O)O)CC2)C(C)C)cc1. The third-order valence-corrected chi connectivity index (χ3v) is 6.20. The molecule has 1 aromatic carbocycles. The van der Waals surface area contributed by atoms with Crippen LogP contribution in [0.4, 0.5) is 0 Å². The predicted molar refractivity (Wildman–Crippen MR) is 98.9 cm³/mol. The molecule has 1 heterocycles. The highest BCUT2D eigenvalue weighted by Crippen LogP contribution is 2.21. The number of amides is 1. The van der Waals surface area contributed by atoms with Crippen LogP contribution in [0.2, 0.25) is 0 Å². The van der Waals surface area contributed by atoms with Gasteiger partial charge in [-0.15, -0.1) is 0 Å². The average Bonchev–Trinajstić information content (AvgIpc) is 2.65. The highest BCUT2D eigenvalue weighted by molar-refractivity contribution is 7.89. The number of methoxy groups -OCH3 is 1. The normalized spacial score (nSPS) is 17.0. The molecule has 0 aliphatic carbocycles. The number of aliphatic carboxylic acids is 1. The lowest BCUT2D eigenvalue weighted by atomic mass is 9.95. The fourth-order valence-corrected chi connectivity index (χ4v) is 4.34. The minimum atomic E-state index is -3.88. The van der Waals surface area contributed by atoms with Gasteiger partial charge in [0.1, 0.15) is 11.8 Å². The number of nitrogens with zero attached hydrogens (tertiary/aromatic N) is 1. The Balaban J connectivity index is 2.12. The first-order valence-electron chi connectivity index (χ1n) is 8.83. The highest BCUT2D eigenvalue weighted by Gasteiger charge is 2.34. The molecule has 1 aromatic rings. The topological polar surface area (TPSA) is 113 Å². The van der Waals surface area contributed by atoms with Gasteiger partial charge in [0.05, 0.1) is 17.9 Å². The summed E-state index contributed by atoms with van der Waals surface area (Å²) in [5.41, 5.74) is 0. The van der Waals surface area contributed by atoms with E-state index in [2.05, 4.69) is 4.72 Å². The molecule has 1 fully saturated rings. The maximum Gasteiger partial charge on any atom is 0.306 e. The molecule has 0 spiro atoms. The first-order chi connectivity index (χ1) is 12.7. The van der Waals surface area contributed by atoms with Gasteiger partial charge in [0.25, 0.3) is 0 Å². The zero-order valence-corrected chi connectivity index (χ0v) is 16.5. The van der Waals surface area contributed by atoms with E-state index in [1.54, 1.807) is 18.7 Å². The van der Waals surface area contributed by atoms with Crippen LogP contribution >= 0.6 is 0 Å². The van der Waals surface area contributed by atoms with Gasteiger partial charge in [-0.05, 0) is 43.0 Å². The summed E-state index contributed by atoms with van der Waals surface area (Å²) >= 11 is 0. The summed E-state index contributed by atoms with van der Waals surface area (Å²) in [5.74, 6) is -1.37. The van der Waals surface area contributed by atoms with E-state index < -0.39 is 28.0 Å². The minimum absolute atomic E-state index is 0.0475. The molecule has 2 N–H and O–H groups in total. The number of hydrogen-bond donors (Lipinski definition) is 2. The number of carboxylic acid groups (broad SMARTS) is 1. The third-order valence-electron chi connectivity index (χ3n) is 4.74. The summed E-state index contributed by atoms with van der Waals surface area (Å²) in [6, 6.07) is 5.00. The minimum Gasteiger partial charge on any atom is -0.497 e. The van der Waals surface area contributed by atoms with Crippen molar-refractivity contribution in [3.05, 3.63) is 24.3 Å². The second kappa shape index (κ2) is 8.71. The zero-order valence-electron chi connectivity index (χ0n) is 15.7. The third kappa shape index (κ3) is 5.20. The van der Waals surface area contributed by atoms with Crippen LogP contribution in [-0.2, 0) is 19.6 Å². The Morgan fingerprint density at radius 2 is 1.74 bits per heavy atom. The van der Waals surface area contributed by atoms with Gasteiger partial charge in [-0.3, -0.25) is 9.59 Å². The standard InChI is InChI=1S/C18H26N2O6S/c1-12(2)16(17(21)20-10-8-13(9-11-20)18(22)23)19-27(24,25)15-6-4-14(26-3)5-7-15/h4-7,12-13,16,19H,8-11H2,1-3H3,(H,22,23). The van der Waals surface area contributed by atoms with Crippen molar-refractivity contribution in [3.8, 4) is 5.75 Å². The van der Waals surface area contributed by atoms with Gasteiger partial charge < -0.3 is 14.7 Å². The van der Waals surface area contributed by atoms with Crippen molar-refractivity contribution in [1.82, 2.24) is 9.62 Å². The number of piperidine rings is 1. The molecule has 1 aliphatic heterocycles. The molecule has 0 saturated carbocycles. The van der Waals surface area contributed by atoms with Crippen molar-refractivity contribution < 1.29 is 27.9 Å². The van der Waals surface area contributed by atoms with Crippen LogP contribution in [0, 0.1) is 11.8 Å². The number of carboxylic acids is 1. The molecule has 27 heavy (non-hydrogen) atoms. The molecule has 1 unspecified atom stereocenters. The van der Waals surface area contributed by atoms with Crippen molar-refractivity contribution in [2.45, 2.75) is 37.6 Å². The lowest BCUT2D eigenvalue weighted by molar-refractivity contribution is -0.146. The largest absolute Gasteiger partial charge is 0.497 e. The molecule has 1 atom stereocenters. The molecule has 0 bridgehead atoms. The van der Waals surface area contributed by atoms with Crippen LogP contribution in [0.1, 0.15) is 26.7 Å². The molecular weight excluding hydrogens is 372 g/mol. The lowest BCUT2D eigenvalue weighted by Crippen LogP contribution is -2.53. The number of benzene rings is 1. The Morgan fingerprint density at radius 1 is 1.19 bits per heavy atom. The number of carbonyl (C=O) groups is 2. The predicted octanol–water partition coefficient (Wildman–Crippen LogP) is 1.32. The van der Waals surface area contributed by atoms with Crippen molar-refractivity contribution in [1.29, 1.82) is 0 Å². The van der Waals surface area contributed by atoms with Crippen LogP contribution in [-0.4, -0.2) is 56.5 Å². The van der Waals surface area contributed by atoms with Crippen molar-refractivity contribution in [2.75, 3.05) is 20.2 Å². The molecular formula is C18H26N2O6S. The Hall–Kier alpha value is -2.13. The highest BCUT2D eigenvalue weighted by atomic mass is 32.2. The molecule has 1 aliphatic rings. The summed E-state index contributed by atoms with van der Waals surface area (Å²) in [6.45, 7) is 4.15. The van der Waals surface area contributed by atoms with E-state index in [9.17, 15) is 18.0 Å². The molecule has 1 saturated heterocycles. The monoisotopic (exact) mass is 398 g/mol. The molecule has 2 rings (SSSR count). The van der Waals surface area contributed by atoms with Crippen LogP contribution in [0.25, 0.3) is 0 Å². The van der Waals surface area contributed by atoms with Gasteiger partial charge in [0.2, 0.25) is 15.9 Å². The van der Waals surface area contributed by atoms with E-state index in [1.165, 1.54) is 31.4 Å². The van der Waals surface area contributed by atoms with Crippen LogP contribution in [0.15, 0.2) is 29.2 Å². The summed E-state index contributed by atoms with van der Waals surface area (Å²) in [7, 11) is -2.40. The number of nitrogens with one attached hydrogen (secondary N) is 1. The van der Waals surface area contributed by atoms with Crippen LogP contribution in [0.5, 0.6) is 5.75 Å². The molecule has 0 radical (unpaired) electrons. The van der Waals surface area contributed by atoms with E-state index >= 15 is 0 Å². The van der Waals surface area contributed by atoms with E-state index in [1.807, 2.05) is 0 Å². The van der Waals surface area contributed by atoms with Gasteiger partial charge >= 0.3 is 5.97 Å². The summed E-state index contributed by atoms with van der Waals surface area (Å²) < 4.78 is 32.9. The number of carbonyl (C=O) groups excluding carboxylic acids is 1. The van der Waals surface area contributed by atoms with Gasteiger partial charge in [0, 0.05) is 13.1 Å². The maximum atomic E-state index is 12.9. The summed E-state index contributed by atoms with van der Waals surface area (Å²) in [5, 5.41) is 9.07. The van der Waals surface area contributed by atoms with Crippen LogP contribution in [0.3, 0.4) is 0 Å². The molecule has 9 heteroatoms. The average molecular weight is 398 g/mol. The maximum absolute atomic E-state index is 12.9. The Kier molecular flexibility index (Phi) is 6.83. The second-order valence-electron chi connectivity index (χ2n) is 6.96. The van der Waals surface area contributed by atoms with E-state index in [0.717, 1.165) is 0 Å². The summed E-state index contributed by atoms with van der Waals surface area (Å²) in [6.07, 6.45) is 0.744. The molecule has 150 valence electrons. The van der Waals surface area contributed by atoms with Crippen molar-refractivity contribution in [3.63, 3.8) is 0 Å². The molecule has 8 nitrogen and oxygen atoms in total. The second-order valence-corrected chi connectivity index (χ2v) is 8.67. The Labute approximate surface area is 159 Å². The number of hydrogen-bond acceptors (Lipinski definition) is 5. The van der Waals surface area contributed by atoms with Crippen molar-refractivity contribution >= 4 is 21.9 Å². The quantitative estimate of drug-likeness (QED) is 0.716. The first kappa shape index (κ1) is 21.2. The summed E-state index contributed by atoms with van der Waals surface area (Å²) in [4.78, 5) is 25.5. The van der Waals surface area contributed by atoms with E-state index in [0.29, 0.717) is 31.7 Å². The van der Waals surface area contributed by atoms with E-state index in [-0.39, 0.29) is 16.7 Å². The number of likely N-dealkylation sites (tertiary alicyclic amines) is 1. The number of rotatable bonds is 7. The van der Waals surface area contributed by atoms with Gasteiger partial charge in [-0.1, -0.05) is 13.8 Å². The van der Waals surface area contributed by atoms with Gasteiger partial charge in [-0.2, -0.15) is 4.72 Å². The van der Waals surface area contributed by atoms with E-state index in [4.69, 9.17) is 9.84 Å². The number of sulfonamides is 1. The molecule has 1 amide bonds. The van der Waals surface area contributed by atoms with Crippen molar-refractivity contribution in [2.24, 2.45) is 11.8 Å². The van der Waals surface area contributed by atoms with Gasteiger partial charge in [0.15, 0.2) is 0 Å². The lowest BCUT2D eigenvalue weighted by Gasteiger charge is -2.34. The Morgan fingerprint density at radius 3 is 2.19 bits per heavy atom. The fraction of sp³-hybridized carbons (Fsp3) is 0.556. The fourth-order valence-electron chi connectivity index (χ4n) is 3.01. The zero-order chi connectivity index (χ0) is 20.2.